The molecule has 0 saturated heterocycles. The van der Waals surface area contributed by atoms with E-state index in [1.807, 2.05) is 13.2 Å². The Hall–Kier alpha value is -1.04. The Bertz CT molecular complexity index is 393. The summed E-state index contributed by atoms with van der Waals surface area (Å²) in [6, 6.07) is 3.81. The van der Waals surface area contributed by atoms with Crippen molar-refractivity contribution in [2.45, 2.75) is 13.1 Å². The molecule has 0 aliphatic carbocycles. The van der Waals surface area contributed by atoms with Crippen LogP contribution in [0.4, 0.5) is 24.5 Å². The smallest absolute Gasteiger partial charge is 0.399 e. The van der Waals surface area contributed by atoms with Gasteiger partial charge in [-0.2, -0.15) is 24.9 Å². The molecule has 0 amide bonds. The third-order valence-electron chi connectivity index (χ3n) is 2.44. The largest absolute Gasteiger partial charge is 0.418 e. The van der Waals surface area contributed by atoms with Crippen molar-refractivity contribution in [2.24, 2.45) is 5.92 Å². The van der Waals surface area contributed by atoms with Crippen molar-refractivity contribution in [3.8, 4) is 0 Å². The maximum Gasteiger partial charge on any atom is 0.418 e. The summed E-state index contributed by atoms with van der Waals surface area (Å²) in [5.74, 6) is 1.21. The van der Waals surface area contributed by atoms with Crippen molar-refractivity contribution in [1.82, 2.24) is 0 Å². The zero-order chi connectivity index (χ0) is 13.8. The van der Waals surface area contributed by atoms with Gasteiger partial charge in [0.25, 0.3) is 0 Å². The van der Waals surface area contributed by atoms with Gasteiger partial charge in [0, 0.05) is 17.9 Å². The van der Waals surface area contributed by atoms with E-state index in [0.717, 1.165) is 11.8 Å². The average Bonchev–Trinajstić information content (AvgIpc) is 2.26. The summed E-state index contributed by atoms with van der Waals surface area (Å²) < 4.78 is 38.4. The normalized spacial score (nSPS) is 13.4. The summed E-state index contributed by atoms with van der Waals surface area (Å²) in [4.78, 5) is 0. The van der Waals surface area contributed by atoms with Crippen molar-refractivity contribution < 1.29 is 13.2 Å². The second-order valence-electron chi connectivity index (χ2n) is 4.24. The van der Waals surface area contributed by atoms with Crippen LogP contribution in [0.25, 0.3) is 0 Å². The predicted molar refractivity (Wildman–Crippen MR) is 71.9 cm³/mol. The molecule has 0 radical (unpaired) electrons. The van der Waals surface area contributed by atoms with E-state index in [2.05, 4.69) is 5.32 Å². The second-order valence-corrected chi connectivity index (χ2v) is 5.15. The van der Waals surface area contributed by atoms with Gasteiger partial charge in [-0.25, -0.2) is 0 Å². The molecule has 0 spiro atoms. The zero-order valence-corrected chi connectivity index (χ0v) is 11.2. The molecule has 0 aliphatic heterocycles. The van der Waals surface area contributed by atoms with Crippen LogP contribution in [0.15, 0.2) is 18.2 Å². The highest BCUT2D eigenvalue weighted by atomic mass is 32.2. The fourth-order valence-corrected chi connectivity index (χ4v) is 2.27. The highest BCUT2D eigenvalue weighted by molar-refractivity contribution is 7.98. The van der Waals surface area contributed by atoms with Crippen LogP contribution in [0.2, 0.25) is 0 Å². The van der Waals surface area contributed by atoms with E-state index in [0.29, 0.717) is 12.5 Å². The highest BCUT2D eigenvalue weighted by Gasteiger charge is 2.33. The first-order valence-electron chi connectivity index (χ1n) is 5.54. The van der Waals surface area contributed by atoms with Crippen LogP contribution in [0.5, 0.6) is 0 Å². The van der Waals surface area contributed by atoms with Gasteiger partial charge < -0.3 is 11.1 Å². The van der Waals surface area contributed by atoms with E-state index < -0.39 is 11.7 Å². The van der Waals surface area contributed by atoms with Crippen molar-refractivity contribution in [1.29, 1.82) is 0 Å². The fraction of sp³-hybridized carbons (Fsp3) is 0.500. The van der Waals surface area contributed by atoms with E-state index in [-0.39, 0.29) is 11.4 Å². The van der Waals surface area contributed by atoms with Crippen LogP contribution in [0.3, 0.4) is 0 Å². The lowest BCUT2D eigenvalue weighted by molar-refractivity contribution is -0.136. The van der Waals surface area contributed by atoms with E-state index in [4.69, 9.17) is 5.73 Å². The van der Waals surface area contributed by atoms with Crippen molar-refractivity contribution >= 4 is 23.1 Å². The number of benzene rings is 1. The van der Waals surface area contributed by atoms with Crippen LogP contribution in [0.1, 0.15) is 12.5 Å². The standard InChI is InChI=1S/C12H17F3N2S/c1-8(7-18-2)6-17-11-4-3-9(16)5-10(11)12(13,14)15/h3-5,8,17H,6-7,16H2,1-2H3. The number of nitrogen functional groups attached to an aromatic ring is 1. The molecule has 0 aliphatic rings. The van der Waals surface area contributed by atoms with Gasteiger partial charge in [0.05, 0.1) is 5.56 Å². The number of nitrogens with two attached hydrogens (primary N) is 1. The molecule has 6 heteroatoms. The lowest BCUT2D eigenvalue weighted by Crippen LogP contribution is -2.17. The topological polar surface area (TPSA) is 38.0 Å². The van der Waals surface area contributed by atoms with E-state index in [1.54, 1.807) is 11.8 Å². The Balaban J connectivity index is 2.82. The molecule has 1 aromatic carbocycles. The summed E-state index contributed by atoms with van der Waals surface area (Å²) in [5.41, 5.74) is 4.89. The Morgan fingerprint density at radius 3 is 2.61 bits per heavy atom. The van der Waals surface area contributed by atoms with Gasteiger partial charge >= 0.3 is 6.18 Å². The van der Waals surface area contributed by atoms with Gasteiger partial charge in [0.15, 0.2) is 0 Å². The Morgan fingerprint density at radius 2 is 2.06 bits per heavy atom. The molecular formula is C12H17F3N2S. The lowest BCUT2D eigenvalue weighted by Gasteiger charge is -2.17. The van der Waals surface area contributed by atoms with E-state index in [1.165, 1.54) is 12.1 Å². The fourth-order valence-electron chi connectivity index (χ4n) is 1.58. The van der Waals surface area contributed by atoms with E-state index >= 15 is 0 Å². The molecule has 0 heterocycles. The zero-order valence-electron chi connectivity index (χ0n) is 10.3. The summed E-state index contributed by atoms with van der Waals surface area (Å²) in [6.45, 7) is 2.50. The monoisotopic (exact) mass is 278 g/mol. The van der Waals surface area contributed by atoms with Crippen LogP contribution in [-0.4, -0.2) is 18.6 Å². The number of thioether (sulfide) groups is 1. The molecule has 0 aromatic heterocycles. The first-order chi connectivity index (χ1) is 8.34. The van der Waals surface area contributed by atoms with Gasteiger partial charge in [0.1, 0.15) is 0 Å². The summed E-state index contributed by atoms with van der Waals surface area (Å²) >= 11 is 1.67. The van der Waals surface area contributed by atoms with Crippen molar-refractivity contribution in [3.05, 3.63) is 23.8 Å². The van der Waals surface area contributed by atoms with Gasteiger partial charge in [-0.3, -0.25) is 0 Å². The highest BCUT2D eigenvalue weighted by Crippen LogP contribution is 2.36. The number of rotatable bonds is 5. The number of halogens is 3. The van der Waals surface area contributed by atoms with Crippen LogP contribution in [-0.2, 0) is 6.18 Å². The molecule has 1 unspecified atom stereocenters. The molecule has 3 N–H and O–H groups in total. The number of alkyl halides is 3. The third kappa shape index (κ3) is 4.33. The molecule has 1 atom stereocenters. The van der Waals surface area contributed by atoms with Gasteiger partial charge in [-0.15, -0.1) is 0 Å². The van der Waals surface area contributed by atoms with Crippen LogP contribution in [0, 0.1) is 5.92 Å². The predicted octanol–water partition coefficient (Wildman–Crippen LogP) is 3.70. The summed E-state index contributed by atoms with van der Waals surface area (Å²) in [6.07, 6.45) is -2.42. The Kier molecular flexibility index (Phi) is 5.19. The molecule has 102 valence electrons. The number of nitrogens with one attached hydrogen (secondary N) is 1. The van der Waals surface area contributed by atoms with E-state index in [9.17, 15) is 13.2 Å². The molecular weight excluding hydrogens is 261 g/mol. The first kappa shape index (κ1) is 15.0. The first-order valence-corrected chi connectivity index (χ1v) is 6.93. The number of hydrogen-bond acceptors (Lipinski definition) is 3. The van der Waals surface area contributed by atoms with Crippen LogP contribution >= 0.6 is 11.8 Å². The molecule has 2 nitrogen and oxygen atoms in total. The summed E-state index contributed by atoms with van der Waals surface area (Å²) in [5, 5.41) is 2.84. The third-order valence-corrected chi connectivity index (χ3v) is 3.34. The minimum absolute atomic E-state index is 0.0876. The van der Waals surface area contributed by atoms with Crippen molar-refractivity contribution in [3.63, 3.8) is 0 Å². The molecule has 1 rings (SSSR count). The van der Waals surface area contributed by atoms with Crippen LogP contribution < -0.4 is 11.1 Å². The molecule has 1 aromatic rings. The SMILES string of the molecule is CSCC(C)CNc1ccc(N)cc1C(F)(F)F. The Labute approximate surface area is 109 Å². The maximum absolute atomic E-state index is 12.8. The minimum Gasteiger partial charge on any atom is -0.399 e. The number of anilines is 2. The van der Waals surface area contributed by atoms with Gasteiger partial charge in [-0.1, -0.05) is 6.92 Å². The lowest BCUT2D eigenvalue weighted by atomic mass is 10.1. The Morgan fingerprint density at radius 1 is 1.39 bits per heavy atom. The maximum atomic E-state index is 12.8. The average molecular weight is 278 g/mol. The number of hydrogen-bond donors (Lipinski definition) is 2. The summed E-state index contributed by atoms with van der Waals surface area (Å²) in [7, 11) is 0. The molecule has 0 fully saturated rings. The second kappa shape index (κ2) is 6.22. The quantitative estimate of drug-likeness (QED) is 0.807. The molecule has 0 saturated carbocycles. The molecule has 0 bridgehead atoms. The van der Waals surface area contributed by atoms with Gasteiger partial charge in [-0.05, 0) is 36.1 Å². The van der Waals surface area contributed by atoms with Gasteiger partial charge in [0.2, 0.25) is 0 Å². The molecule has 18 heavy (non-hydrogen) atoms. The van der Waals surface area contributed by atoms with Crippen molar-refractivity contribution in [2.75, 3.05) is 29.6 Å². The minimum atomic E-state index is -4.39.